The van der Waals surface area contributed by atoms with Crippen molar-refractivity contribution in [3.8, 4) is 0 Å². The number of benzene rings is 1. The Kier molecular flexibility index (Phi) is 5.25. The lowest BCUT2D eigenvalue weighted by molar-refractivity contribution is -0.121. The van der Waals surface area contributed by atoms with E-state index in [1.54, 1.807) is 6.07 Å². The van der Waals surface area contributed by atoms with Gasteiger partial charge in [0, 0.05) is 16.1 Å². The van der Waals surface area contributed by atoms with E-state index in [2.05, 4.69) is 21.2 Å². The maximum absolute atomic E-state index is 12.2. The normalized spacial score (nSPS) is 23.1. The number of anilines is 1. The van der Waals surface area contributed by atoms with Crippen molar-refractivity contribution >= 4 is 39.1 Å². The molecular formula is C14H18BrClN2O. The van der Waals surface area contributed by atoms with Crippen molar-refractivity contribution in [2.75, 3.05) is 11.9 Å². The number of carbonyl (C=O) groups excluding carboxylic acids is 1. The molecule has 1 aliphatic rings. The molecule has 0 saturated heterocycles. The predicted octanol–water partition coefficient (Wildman–Crippen LogP) is 3.81. The van der Waals surface area contributed by atoms with E-state index in [1.807, 2.05) is 12.1 Å². The molecule has 2 rings (SSSR count). The molecule has 1 amide bonds. The summed E-state index contributed by atoms with van der Waals surface area (Å²) in [4.78, 5) is 12.2. The van der Waals surface area contributed by atoms with Crippen molar-refractivity contribution < 1.29 is 4.79 Å². The van der Waals surface area contributed by atoms with Crippen molar-refractivity contribution in [2.24, 2.45) is 17.6 Å². The van der Waals surface area contributed by atoms with Crippen LogP contribution in [0, 0.1) is 11.8 Å². The van der Waals surface area contributed by atoms with E-state index in [0.29, 0.717) is 10.9 Å². The monoisotopic (exact) mass is 344 g/mol. The van der Waals surface area contributed by atoms with E-state index in [-0.39, 0.29) is 11.8 Å². The van der Waals surface area contributed by atoms with E-state index < -0.39 is 0 Å². The van der Waals surface area contributed by atoms with E-state index in [0.717, 1.165) is 42.4 Å². The van der Waals surface area contributed by atoms with Gasteiger partial charge in [-0.15, -0.1) is 0 Å². The molecule has 3 N–H and O–H groups in total. The lowest BCUT2D eigenvalue weighted by atomic mass is 9.81. The molecule has 0 unspecified atom stereocenters. The molecule has 0 heterocycles. The molecule has 19 heavy (non-hydrogen) atoms. The molecule has 1 fully saturated rings. The zero-order valence-electron chi connectivity index (χ0n) is 10.7. The van der Waals surface area contributed by atoms with E-state index in [9.17, 15) is 4.79 Å². The molecule has 104 valence electrons. The summed E-state index contributed by atoms with van der Waals surface area (Å²) in [7, 11) is 0. The highest BCUT2D eigenvalue weighted by molar-refractivity contribution is 9.10. The van der Waals surface area contributed by atoms with E-state index >= 15 is 0 Å². The fraction of sp³-hybridized carbons (Fsp3) is 0.500. The number of carbonyl (C=O) groups is 1. The molecule has 1 aliphatic carbocycles. The summed E-state index contributed by atoms with van der Waals surface area (Å²) in [5, 5.41) is 3.59. The van der Waals surface area contributed by atoms with Crippen LogP contribution in [0.3, 0.4) is 0 Å². The minimum Gasteiger partial charge on any atom is -0.330 e. The summed E-state index contributed by atoms with van der Waals surface area (Å²) in [5.74, 6) is 0.802. The molecule has 0 aromatic heterocycles. The van der Waals surface area contributed by atoms with Gasteiger partial charge in [0.05, 0.1) is 5.02 Å². The fourth-order valence-electron chi connectivity index (χ4n) is 2.48. The first-order valence-corrected chi connectivity index (χ1v) is 7.73. The number of amides is 1. The number of rotatable bonds is 3. The zero-order valence-corrected chi connectivity index (χ0v) is 13.0. The second kappa shape index (κ2) is 6.73. The van der Waals surface area contributed by atoms with Crippen molar-refractivity contribution in [1.29, 1.82) is 0 Å². The standard InChI is InChI=1S/C14H18BrClN2O/c15-12-7-11(5-6-13(12)16)18-14(19)10-3-1-9(8-17)2-4-10/h5-7,9-10H,1-4,8,17H2,(H,18,19). The van der Waals surface area contributed by atoms with Gasteiger partial charge in [-0.3, -0.25) is 4.79 Å². The SMILES string of the molecule is NCC1CCC(C(=O)Nc2ccc(Cl)c(Br)c2)CC1. The summed E-state index contributed by atoms with van der Waals surface area (Å²) in [6.45, 7) is 0.735. The average Bonchev–Trinajstić information content (AvgIpc) is 2.43. The largest absolute Gasteiger partial charge is 0.330 e. The summed E-state index contributed by atoms with van der Waals surface area (Å²) in [5.41, 5.74) is 6.44. The third-order valence-electron chi connectivity index (χ3n) is 3.74. The molecular weight excluding hydrogens is 328 g/mol. The first-order valence-electron chi connectivity index (χ1n) is 6.56. The second-order valence-electron chi connectivity index (χ2n) is 5.07. The highest BCUT2D eigenvalue weighted by atomic mass is 79.9. The van der Waals surface area contributed by atoms with Crippen molar-refractivity contribution in [1.82, 2.24) is 0 Å². The first-order chi connectivity index (χ1) is 9.10. The fourth-order valence-corrected chi connectivity index (χ4v) is 2.97. The van der Waals surface area contributed by atoms with Gasteiger partial charge in [-0.2, -0.15) is 0 Å². The van der Waals surface area contributed by atoms with Crippen LogP contribution in [0.5, 0.6) is 0 Å². The van der Waals surface area contributed by atoms with Crippen molar-refractivity contribution in [2.45, 2.75) is 25.7 Å². The topological polar surface area (TPSA) is 55.1 Å². The smallest absolute Gasteiger partial charge is 0.227 e. The molecule has 0 radical (unpaired) electrons. The summed E-state index contributed by atoms with van der Waals surface area (Å²) >= 11 is 9.28. The van der Waals surface area contributed by atoms with Crippen LogP contribution in [-0.4, -0.2) is 12.5 Å². The van der Waals surface area contributed by atoms with E-state index in [4.69, 9.17) is 17.3 Å². The summed E-state index contributed by atoms with van der Waals surface area (Å²) in [6.07, 6.45) is 3.97. The molecule has 0 atom stereocenters. The second-order valence-corrected chi connectivity index (χ2v) is 6.33. The van der Waals surface area contributed by atoms with Crippen molar-refractivity contribution in [3.63, 3.8) is 0 Å². The highest BCUT2D eigenvalue weighted by Gasteiger charge is 2.25. The van der Waals surface area contributed by atoms with Gasteiger partial charge in [-0.25, -0.2) is 0 Å². The Hall–Kier alpha value is -0.580. The Bertz CT molecular complexity index is 459. The number of halogens is 2. The lowest BCUT2D eigenvalue weighted by Crippen LogP contribution is -2.29. The van der Waals surface area contributed by atoms with E-state index in [1.165, 1.54) is 0 Å². The Balaban J connectivity index is 1.92. The van der Waals surface area contributed by atoms with Gasteiger partial charge in [0.25, 0.3) is 0 Å². The Morgan fingerprint density at radius 3 is 2.63 bits per heavy atom. The number of hydrogen-bond donors (Lipinski definition) is 2. The maximum atomic E-state index is 12.2. The van der Waals surface area contributed by atoms with Gasteiger partial charge in [0.2, 0.25) is 5.91 Å². The van der Waals surface area contributed by atoms with Gasteiger partial charge in [0.15, 0.2) is 0 Å². The first kappa shape index (κ1) is 14.8. The third-order valence-corrected chi connectivity index (χ3v) is 4.95. The minimum atomic E-state index is 0.102. The van der Waals surface area contributed by atoms with Crippen LogP contribution in [0.4, 0.5) is 5.69 Å². The highest BCUT2D eigenvalue weighted by Crippen LogP contribution is 2.30. The van der Waals surface area contributed by atoms with Crippen LogP contribution in [0.1, 0.15) is 25.7 Å². The Labute approximate surface area is 127 Å². The van der Waals surface area contributed by atoms with Gasteiger partial charge in [-0.1, -0.05) is 11.6 Å². The molecule has 5 heteroatoms. The quantitative estimate of drug-likeness (QED) is 0.875. The maximum Gasteiger partial charge on any atom is 0.227 e. The Morgan fingerprint density at radius 2 is 2.05 bits per heavy atom. The zero-order chi connectivity index (χ0) is 13.8. The van der Waals surface area contributed by atoms with Gasteiger partial charge in [0.1, 0.15) is 0 Å². The van der Waals surface area contributed by atoms with Crippen LogP contribution in [0.2, 0.25) is 5.02 Å². The number of nitrogens with one attached hydrogen (secondary N) is 1. The minimum absolute atomic E-state index is 0.102. The van der Waals surface area contributed by atoms with Crippen LogP contribution >= 0.6 is 27.5 Å². The summed E-state index contributed by atoms with van der Waals surface area (Å²) in [6, 6.07) is 5.41. The molecule has 0 aliphatic heterocycles. The number of hydrogen-bond acceptors (Lipinski definition) is 2. The third kappa shape index (κ3) is 3.94. The van der Waals surface area contributed by atoms with Crippen LogP contribution in [-0.2, 0) is 4.79 Å². The Morgan fingerprint density at radius 1 is 1.37 bits per heavy atom. The predicted molar refractivity (Wildman–Crippen MR) is 82.3 cm³/mol. The van der Waals surface area contributed by atoms with Crippen LogP contribution < -0.4 is 11.1 Å². The van der Waals surface area contributed by atoms with Crippen LogP contribution in [0.25, 0.3) is 0 Å². The molecule has 1 aromatic rings. The van der Waals surface area contributed by atoms with Crippen molar-refractivity contribution in [3.05, 3.63) is 27.7 Å². The number of nitrogens with two attached hydrogens (primary N) is 1. The van der Waals surface area contributed by atoms with Crippen LogP contribution in [0.15, 0.2) is 22.7 Å². The molecule has 0 spiro atoms. The van der Waals surface area contributed by atoms with Gasteiger partial charge in [-0.05, 0) is 72.3 Å². The van der Waals surface area contributed by atoms with Gasteiger partial charge >= 0.3 is 0 Å². The molecule has 3 nitrogen and oxygen atoms in total. The summed E-state index contributed by atoms with van der Waals surface area (Å²) < 4.78 is 0.791. The average molecular weight is 346 g/mol. The lowest BCUT2D eigenvalue weighted by Gasteiger charge is -2.26. The van der Waals surface area contributed by atoms with Gasteiger partial charge < -0.3 is 11.1 Å². The molecule has 1 saturated carbocycles. The molecule has 1 aromatic carbocycles. The molecule has 0 bridgehead atoms.